The molecule has 58 heavy (non-hydrogen) atoms. The molecule has 17 heteroatoms. The lowest BCUT2D eigenvalue weighted by Crippen LogP contribution is -2.49. The molecule has 0 bridgehead atoms. The molecule has 0 saturated carbocycles. The molecule has 2 aromatic carbocycles. The number of benzene rings is 2. The van der Waals surface area contributed by atoms with Crippen LogP contribution < -0.4 is 20.3 Å². The highest BCUT2D eigenvalue weighted by Crippen LogP contribution is 2.34. The van der Waals surface area contributed by atoms with Crippen molar-refractivity contribution in [3.8, 4) is 17.0 Å². The molecule has 6 heterocycles. The molecule has 8 rings (SSSR count). The van der Waals surface area contributed by atoms with Gasteiger partial charge >= 0.3 is 6.03 Å². The van der Waals surface area contributed by atoms with E-state index >= 15 is 4.39 Å². The normalized spacial score (nSPS) is 16.3. The van der Waals surface area contributed by atoms with E-state index in [2.05, 4.69) is 53.0 Å². The summed E-state index contributed by atoms with van der Waals surface area (Å²) in [7, 11) is 1.85. The van der Waals surface area contributed by atoms with E-state index in [0.717, 1.165) is 59.0 Å². The predicted octanol–water partition coefficient (Wildman–Crippen LogP) is 5.24. The number of hydrogen-bond acceptors (Lipinski definition) is 11. The summed E-state index contributed by atoms with van der Waals surface area (Å²) in [5, 5.41) is 18.9. The molecule has 0 radical (unpaired) electrons. The van der Waals surface area contributed by atoms with Gasteiger partial charge in [0.15, 0.2) is 5.82 Å². The number of carbonyl (C=O) groups excluding carboxylic acids is 3. The number of carbonyl (C=O) groups is 3. The van der Waals surface area contributed by atoms with Crippen molar-refractivity contribution in [2.24, 2.45) is 7.05 Å². The Labute approximate surface area is 333 Å². The zero-order valence-electron chi connectivity index (χ0n) is 33.2. The van der Waals surface area contributed by atoms with Crippen LogP contribution in [0, 0.1) is 6.92 Å². The Morgan fingerprint density at radius 3 is 2.64 bits per heavy atom. The van der Waals surface area contributed by atoms with E-state index in [9.17, 15) is 14.4 Å². The number of halogens is 1. The number of imide groups is 1. The molecule has 302 valence electrons. The average Bonchev–Trinajstić information content (AvgIpc) is 3.94. The van der Waals surface area contributed by atoms with Crippen molar-refractivity contribution >= 4 is 40.1 Å². The zero-order valence-corrected chi connectivity index (χ0v) is 33.2. The first kappa shape index (κ1) is 38.6. The topological polar surface area (TPSA) is 178 Å². The summed E-state index contributed by atoms with van der Waals surface area (Å²) in [4.78, 5) is 49.2. The quantitative estimate of drug-likeness (QED) is 0.175. The maximum atomic E-state index is 15.4. The number of likely N-dealkylation sites (tertiary alicyclic amines) is 1. The second-order valence-electron chi connectivity index (χ2n) is 16.1. The summed E-state index contributed by atoms with van der Waals surface area (Å²) in [6, 6.07) is 13.5. The molecule has 4 amide bonds. The number of piperidine rings is 1. The Hall–Kier alpha value is -6.23. The molecule has 1 atom stereocenters. The predicted molar refractivity (Wildman–Crippen MR) is 212 cm³/mol. The first-order valence-electron chi connectivity index (χ1n) is 19.4. The molecule has 16 nitrogen and oxygen atoms in total. The van der Waals surface area contributed by atoms with Crippen LogP contribution in [-0.2, 0) is 23.8 Å². The Kier molecular flexibility index (Phi) is 10.4. The zero-order chi connectivity index (χ0) is 40.7. The van der Waals surface area contributed by atoms with Crippen LogP contribution in [0.3, 0.4) is 0 Å². The van der Waals surface area contributed by atoms with Crippen LogP contribution in [0.15, 0.2) is 59.5 Å². The Bertz CT molecular complexity index is 2510. The number of anilines is 1. The van der Waals surface area contributed by atoms with E-state index in [4.69, 9.17) is 9.26 Å². The van der Waals surface area contributed by atoms with Crippen molar-refractivity contribution in [2.75, 3.05) is 37.7 Å². The van der Waals surface area contributed by atoms with E-state index in [-0.39, 0.29) is 43.3 Å². The fraction of sp³-hybridized carbons (Fsp3) is 0.415. The molecule has 0 unspecified atom stereocenters. The fourth-order valence-electron chi connectivity index (χ4n) is 7.57. The second-order valence-corrected chi connectivity index (χ2v) is 16.1. The number of aromatic nitrogens is 7. The molecular formula is C41H46FN11O5. The van der Waals surface area contributed by atoms with E-state index in [0.29, 0.717) is 35.6 Å². The molecule has 0 aliphatic carbocycles. The molecule has 4 aromatic heterocycles. The van der Waals surface area contributed by atoms with Gasteiger partial charge in [-0.25, -0.2) is 18.7 Å². The van der Waals surface area contributed by atoms with Crippen molar-refractivity contribution < 1.29 is 28.0 Å². The highest BCUT2D eigenvalue weighted by atomic mass is 19.1. The van der Waals surface area contributed by atoms with Gasteiger partial charge < -0.3 is 19.5 Å². The Morgan fingerprint density at radius 1 is 1.09 bits per heavy atom. The number of alkyl halides is 1. The van der Waals surface area contributed by atoms with E-state index in [1.54, 1.807) is 15.4 Å². The highest BCUT2D eigenvalue weighted by Gasteiger charge is 2.29. The van der Waals surface area contributed by atoms with Crippen molar-refractivity contribution in [3.05, 3.63) is 83.4 Å². The third-order valence-electron chi connectivity index (χ3n) is 10.8. The Balaban J connectivity index is 0.838. The number of fused-ring (bicyclic) bond motifs is 2. The van der Waals surface area contributed by atoms with Crippen LogP contribution in [0.1, 0.15) is 79.2 Å². The van der Waals surface area contributed by atoms with Gasteiger partial charge in [0.25, 0.3) is 11.7 Å². The van der Waals surface area contributed by atoms with E-state index in [1.807, 2.05) is 65.1 Å². The molecule has 2 saturated heterocycles. The summed E-state index contributed by atoms with van der Waals surface area (Å²) < 4.78 is 30.0. The fourth-order valence-corrected chi connectivity index (χ4v) is 7.57. The molecule has 2 fully saturated rings. The second kappa shape index (κ2) is 15.6. The largest absolute Gasteiger partial charge is 0.489 e. The monoisotopic (exact) mass is 791 g/mol. The van der Waals surface area contributed by atoms with Gasteiger partial charge in [0.1, 0.15) is 24.9 Å². The lowest BCUT2D eigenvalue weighted by molar-refractivity contribution is -0.120. The summed E-state index contributed by atoms with van der Waals surface area (Å²) in [5.74, 6) is 1.05. The van der Waals surface area contributed by atoms with Gasteiger partial charge in [-0.1, -0.05) is 44.1 Å². The van der Waals surface area contributed by atoms with Crippen LogP contribution in [-0.4, -0.2) is 96.2 Å². The lowest BCUT2D eigenvalue weighted by atomic mass is 9.89. The number of rotatable bonds is 11. The number of ether oxygens (including phenoxy) is 1. The first-order valence-corrected chi connectivity index (χ1v) is 19.4. The lowest BCUT2D eigenvalue weighted by Gasteiger charge is -2.33. The number of urea groups is 1. The number of nitrogens with one attached hydrogen (secondary N) is 2. The van der Waals surface area contributed by atoms with Crippen molar-refractivity contribution in [1.82, 2.24) is 50.1 Å². The first-order chi connectivity index (χ1) is 27.8. The molecule has 2 aliphatic heterocycles. The number of aryl methyl sites for hydroxylation is 2. The van der Waals surface area contributed by atoms with Gasteiger partial charge in [-0.3, -0.25) is 24.5 Å². The third-order valence-corrected chi connectivity index (χ3v) is 10.8. The van der Waals surface area contributed by atoms with Gasteiger partial charge in [-0.2, -0.15) is 15.2 Å². The van der Waals surface area contributed by atoms with Crippen LogP contribution in [0.2, 0.25) is 0 Å². The molecule has 6 aromatic rings. The third kappa shape index (κ3) is 7.98. The minimum Gasteiger partial charge on any atom is -0.489 e. The van der Waals surface area contributed by atoms with Gasteiger partial charge in [0.05, 0.1) is 22.9 Å². The summed E-state index contributed by atoms with van der Waals surface area (Å²) in [5.41, 5.74) is 5.90. The number of amides is 4. The minimum absolute atomic E-state index is 0.00534. The van der Waals surface area contributed by atoms with Crippen LogP contribution in [0.25, 0.3) is 27.7 Å². The number of hydrogen-bond donors (Lipinski definition) is 2. The van der Waals surface area contributed by atoms with Gasteiger partial charge in [-0.05, 0) is 73.7 Å². The smallest absolute Gasteiger partial charge is 0.329 e. The number of nitrogens with zero attached hydrogens (tertiary/aromatic N) is 9. The van der Waals surface area contributed by atoms with Crippen LogP contribution in [0.4, 0.5) is 15.0 Å². The maximum Gasteiger partial charge on any atom is 0.329 e. The summed E-state index contributed by atoms with van der Waals surface area (Å²) >= 11 is 0. The van der Waals surface area contributed by atoms with Gasteiger partial charge in [0.2, 0.25) is 11.8 Å². The van der Waals surface area contributed by atoms with Crippen molar-refractivity contribution in [2.45, 2.75) is 71.0 Å². The highest BCUT2D eigenvalue weighted by molar-refractivity contribution is 6.08. The molecule has 2 N–H and O–H groups in total. The Morgan fingerprint density at radius 2 is 1.90 bits per heavy atom. The SMILES string of the molecule is Cc1cc(-c2ncnn3cc(OC[C@@H](F)CN4CCC(c5ccc6c(N7CCC(=O)NC7=O)nn(C)c6c5)CC4)cc23)ccc1CNC(=O)c1noc(C(C)(C)C)n1. The van der Waals surface area contributed by atoms with Gasteiger partial charge in [0, 0.05) is 55.5 Å². The van der Waals surface area contributed by atoms with E-state index in [1.165, 1.54) is 16.8 Å². The summed E-state index contributed by atoms with van der Waals surface area (Å²) in [6.45, 7) is 10.0. The van der Waals surface area contributed by atoms with Crippen molar-refractivity contribution in [1.29, 1.82) is 0 Å². The molecular weight excluding hydrogens is 746 g/mol. The van der Waals surface area contributed by atoms with Crippen molar-refractivity contribution in [3.63, 3.8) is 0 Å². The van der Waals surface area contributed by atoms with E-state index < -0.39 is 18.1 Å². The standard InChI is InChI=1S/C41H46FN11O5/c1-24-16-27(6-7-28(24)19-43-38(55)36-47-39(58-49-36)41(2,3)4)35-33-18-30(21-53(33)45-23-44-35)57-22-29(42)20-51-13-10-25(11-14-51)26-8-9-31-32(17-26)50(5)48-37(31)52-15-12-34(54)46-40(52)56/h6-9,16-18,21,23,25,29H,10-15,19-20,22H2,1-5H3,(H,43,55)(H,46,54,56)/t29-/m0/s1. The average molecular weight is 792 g/mol. The van der Waals surface area contributed by atoms with Gasteiger partial charge in [-0.15, -0.1) is 0 Å². The minimum atomic E-state index is -1.19. The molecule has 0 spiro atoms. The van der Waals surface area contributed by atoms with Crippen LogP contribution in [0.5, 0.6) is 5.75 Å². The molecule has 2 aliphatic rings. The maximum absolute atomic E-state index is 15.4. The van der Waals surface area contributed by atoms with Crippen LogP contribution >= 0.6 is 0 Å². The summed E-state index contributed by atoms with van der Waals surface area (Å²) in [6.07, 6.45) is 4.02.